The van der Waals surface area contributed by atoms with Crippen molar-refractivity contribution >= 4 is 5.97 Å². The number of alkyl halides is 3. The zero-order chi connectivity index (χ0) is 27.3. The van der Waals surface area contributed by atoms with E-state index in [1.165, 1.54) is 12.1 Å². The van der Waals surface area contributed by atoms with Crippen LogP contribution in [-0.2, 0) is 11.0 Å². The quantitative estimate of drug-likeness (QED) is 0.322. The Hall–Kier alpha value is -4.23. The van der Waals surface area contributed by atoms with E-state index in [9.17, 15) is 23.1 Å². The molecule has 202 valence electrons. The highest BCUT2D eigenvalue weighted by molar-refractivity contribution is 5.72. The number of aromatic nitrogens is 3. The van der Waals surface area contributed by atoms with Crippen molar-refractivity contribution in [2.75, 3.05) is 6.61 Å². The first-order valence-corrected chi connectivity index (χ1v) is 12.1. The number of nitrogens with zero attached hydrogens (tertiary/aromatic N) is 3. The van der Waals surface area contributed by atoms with Crippen molar-refractivity contribution in [1.29, 1.82) is 0 Å². The normalized spacial score (nSPS) is 22.6. The fraction of sp³-hybridized carbons (Fsp3) is 0.308. The predicted molar refractivity (Wildman–Crippen MR) is 127 cm³/mol. The Morgan fingerprint density at radius 1 is 1.03 bits per heavy atom. The number of carbonyl (C=O) groups is 1. The summed E-state index contributed by atoms with van der Waals surface area (Å²) in [6.45, 7) is 0.138. The maximum atomic E-state index is 14.0. The van der Waals surface area contributed by atoms with Gasteiger partial charge in [-0.1, -0.05) is 52.8 Å². The second kappa shape index (κ2) is 9.50. The Morgan fingerprint density at radius 3 is 2.51 bits per heavy atom. The minimum absolute atomic E-state index is 0.00824. The molecule has 2 aromatic carbocycles. The van der Waals surface area contributed by atoms with Gasteiger partial charge in [0.2, 0.25) is 11.6 Å². The lowest BCUT2D eigenvalue weighted by molar-refractivity contribution is -0.145. The van der Waals surface area contributed by atoms with Gasteiger partial charge in [0.25, 0.3) is 5.89 Å². The van der Waals surface area contributed by atoms with Crippen LogP contribution in [0, 0.1) is 5.92 Å². The summed E-state index contributed by atoms with van der Waals surface area (Å²) in [6, 6.07) is 12.1. The van der Waals surface area contributed by atoms with Crippen LogP contribution in [0.3, 0.4) is 0 Å². The molecule has 1 fully saturated rings. The van der Waals surface area contributed by atoms with Crippen LogP contribution < -0.4 is 10.1 Å². The third kappa shape index (κ3) is 4.63. The lowest BCUT2D eigenvalue weighted by Gasteiger charge is -2.39. The summed E-state index contributed by atoms with van der Waals surface area (Å²) >= 11 is 0. The van der Waals surface area contributed by atoms with E-state index < -0.39 is 47.2 Å². The third-order valence-electron chi connectivity index (χ3n) is 6.97. The topological polar surface area (TPSA) is 144 Å². The molecule has 0 unspecified atom stereocenters. The number of ether oxygens (including phenoxy) is 1. The van der Waals surface area contributed by atoms with Crippen molar-refractivity contribution < 1.29 is 42.0 Å². The smallest absolute Gasteiger partial charge is 0.422 e. The average molecular weight is 542 g/mol. The zero-order valence-electron chi connectivity index (χ0n) is 20.1. The van der Waals surface area contributed by atoms with Crippen LogP contribution in [0.25, 0.3) is 34.3 Å². The number of halogens is 3. The summed E-state index contributed by atoms with van der Waals surface area (Å²) in [5.41, 5.74) is -0.403. The molecular weight excluding hydrogens is 521 g/mol. The first kappa shape index (κ1) is 25.1. The van der Waals surface area contributed by atoms with Gasteiger partial charge < -0.3 is 29.3 Å². The van der Waals surface area contributed by atoms with Crippen LogP contribution >= 0.6 is 0 Å². The molecule has 3 heterocycles. The number of hydrogen-bond donors (Lipinski definition) is 3. The molecule has 1 saturated carbocycles. The number of fused-ring (bicyclic) bond motifs is 1. The Morgan fingerprint density at radius 2 is 1.79 bits per heavy atom. The van der Waals surface area contributed by atoms with Crippen molar-refractivity contribution in [3.63, 3.8) is 0 Å². The SMILES string of the molecule is O=C(O)C1CC(N[C@H]2COc3cc(-c4noc(-c5onc(-c6ccccc6)c5C(F)(F)F)n4)ccc3[C@@H]2O)C1. The van der Waals surface area contributed by atoms with E-state index in [1.807, 2.05) is 0 Å². The molecule has 10 nitrogen and oxygen atoms in total. The summed E-state index contributed by atoms with van der Waals surface area (Å²) in [5.74, 6) is -2.04. The molecule has 0 amide bonds. The Labute approximate surface area is 218 Å². The fourth-order valence-corrected chi connectivity index (χ4v) is 4.85. The molecule has 0 bridgehead atoms. The van der Waals surface area contributed by atoms with Gasteiger partial charge in [-0.15, -0.1) is 0 Å². The minimum Gasteiger partial charge on any atom is -0.491 e. The lowest BCUT2D eigenvalue weighted by atomic mass is 9.79. The largest absolute Gasteiger partial charge is 0.491 e. The number of carboxylic acid groups (broad SMARTS) is 1. The van der Waals surface area contributed by atoms with E-state index in [2.05, 4.69) is 20.6 Å². The molecule has 6 rings (SSSR count). The number of aliphatic hydroxyl groups excluding tert-OH is 1. The second-order valence-electron chi connectivity index (χ2n) is 9.51. The van der Waals surface area contributed by atoms with E-state index in [1.54, 1.807) is 36.4 Å². The first-order valence-electron chi connectivity index (χ1n) is 12.1. The van der Waals surface area contributed by atoms with E-state index in [-0.39, 0.29) is 30.0 Å². The highest BCUT2D eigenvalue weighted by Crippen LogP contribution is 2.43. The van der Waals surface area contributed by atoms with Gasteiger partial charge in [0.15, 0.2) is 0 Å². The van der Waals surface area contributed by atoms with Crippen LogP contribution in [0.5, 0.6) is 5.75 Å². The molecule has 13 heteroatoms. The van der Waals surface area contributed by atoms with Crippen LogP contribution in [0.4, 0.5) is 13.2 Å². The van der Waals surface area contributed by atoms with Crippen LogP contribution in [0.1, 0.15) is 30.1 Å². The van der Waals surface area contributed by atoms with Crippen LogP contribution in [-0.4, -0.2) is 50.2 Å². The molecule has 1 aliphatic carbocycles. The summed E-state index contributed by atoms with van der Waals surface area (Å²) in [5, 5.41) is 30.6. The van der Waals surface area contributed by atoms with Gasteiger partial charge >= 0.3 is 12.1 Å². The first-order chi connectivity index (χ1) is 18.7. The van der Waals surface area contributed by atoms with Crippen molar-refractivity contribution in [1.82, 2.24) is 20.6 Å². The Balaban J connectivity index is 1.23. The van der Waals surface area contributed by atoms with Gasteiger partial charge in [-0.2, -0.15) is 18.2 Å². The molecule has 4 aromatic rings. The zero-order valence-corrected chi connectivity index (χ0v) is 20.1. The summed E-state index contributed by atoms with van der Waals surface area (Å²) in [7, 11) is 0. The van der Waals surface area contributed by atoms with E-state index in [0.29, 0.717) is 29.7 Å². The van der Waals surface area contributed by atoms with E-state index >= 15 is 0 Å². The van der Waals surface area contributed by atoms with Gasteiger partial charge in [-0.05, 0) is 18.9 Å². The number of benzene rings is 2. The summed E-state index contributed by atoms with van der Waals surface area (Å²) < 4.78 is 58.0. The molecule has 0 spiro atoms. The molecule has 2 atom stereocenters. The maximum Gasteiger partial charge on any atom is 0.422 e. The minimum atomic E-state index is -4.80. The van der Waals surface area contributed by atoms with Gasteiger partial charge in [0.1, 0.15) is 29.7 Å². The Bertz CT molecular complexity index is 1510. The van der Waals surface area contributed by atoms with E-state index in [4.69, 9.17) is 18.9 Å². The highest BCUT2D eigenvalue weighted by Gasteiger charge is 2.43. The molecule has 0 saturated heterocycles. The number of hydrogen-bond acceptors (Lipinski definition) is 9. The van der Waals surface area contributed by atoms with Gasteiger partial charge in [-0.25, -0.2) is 0 Å². The monoisotopic (exact) mass is 542 g/mol. The molecule has 1 aliphatic heterocycles. The highest BCUT2D eigenvalue weighted by atomic mass is 19.4. The van der Waals surface area contributed by atoms with Crippen LogP contribution in [0.15, 0.2) is 57.6 Å². The maximum absolute atomic E-state index is 14.0. The fourth-order valence-electron chi connectivity index (χ4n) is 4.85. The standard InChI is InChI=1S/C26H21F3N4O6/c27-26(28,29)19-20(12-4-2-1-3-5-12)32-38-22(19)24-31-23(33-39-24)13-6-7-16-18(10-13)37-11-17(21(16)34)30-15-8-14(9-15)25(35)36/h1-7,10,14-15,17,21,30,34H,8-9,11H2,(H,35,36)/t14?,15?,17-,21-/m0/s1. The number of aliphatic carboxylic acids is 1. The average Bonchev–Trinajstić information content (AvgIpc) is 3.55. The molecule has 2 aliphatic rings. The van der Waals surface area contributed by atoms with Crippen molar-refractivity contribution in [2.24, 2.45) is 5.92 Å². The van der Waals surface area contributed by atoms with Gasteiger partial charge in [-0.3, -0.25) is 4.79 Å². The van der Waals surface area contributed by atoms with Crippen LogP contribution in [0.2, 0.25) is 0 Å². The number of aliphatic hydroxyl groups is 1. The van der Waals surface area contributed by atoms with E-state index in [0.717, 1.165) is 0 Å². The van der Waals surface area contributed by atoms with Gasteiger partial charge in [0.05, 0.1) is 12.0 Å². The molecule has 39 heavy (non-hydrogen) atoms. The summed E-state index contributed by atoms with van der Waals surface area (Å²) in [4.78, 5) is 15.1. The number of rotatable bonds is 6. The Kier molecular flexibility index (Phi) is 6.11. The van der Waals surface area contributed by atoms with Crippen molar-refractivity contribution in [3.05, 3.63) is 59.7 Å². The summed E-state index contributed by atoms with van der Waals surface area (Å²) in [6.07, 6.45) is -4.74. The van der Waals surface area contributed by atoms with Gasteiger partial charge in [0, 0.05) is 22.7 Å². The molecule has 0 radical (unpaired) electrons. The number of carboxylic acids is 1. The molecule has 2 aromatic heterocycles. The lowest BCUT2D eigenvalue weighted by Crippen LogP contribution is -2.53. The predicted octanol–water partition coefficient (Wildman–Crippen LogP) is 4.32. The molecular formula is C26H21F3N4O6. The third-order valence-corrected chi connectivity index (χ3v) is 6.97. The van der Waals surface area contributed by atoms with Crippen molar-refractivity contribution in [3.8, 4) is 40.0 Å². The molecule has 3 N–H and O–H groups in total. The second-order valence-corrected chi connectivity index (χ2v) is 9.51. The van der Waals surface area contributed by atoms with Crippen molar-refractivity contribution in [2.45, 2.75) is 37.2 Å². The number of nitrogens with one attached hydrogen (secondary N) is 1.